The van der Waals surface area contributed by atoms with Crippen LogP contribution in [0.1, 0.15) is 54.2 Å². The van der Waals surface area contributed by atoms with Crippen LogP contribution in [0.25, 0.3) is 0 Å². The summed E-state index contributed by atoms with van der Waals surface area (Å²) in [6.45, 7) is 8.05. The second-order valence-electron chi connectivity index (χ2n) is 6.21. The van der Waals surface area contributed by atoms with Crippen LogP contribution in [-0.2, 0) is 18.3 Å². The van der Waals surface area contributed by atoms with Gasteiger partial charge in [-0.25, -0.2) is 4.98 Å². The Morgan fingerprint density at radius 2 is 2.32 bits per heavy atom. The maximum Gasteiger partial charge on any atom is 0.101 e. The molecule has 0 aromatic carbocycles. The fourth-order valence-corrected chi connectivity index (χ4v) is 3.64. The van der Waals surface area contributed by atoms with E-state index in [1.165, 1.54) is 16.3 Å². The van der Waals surface area contributed by atoms with Gasteiger partial charge in [-0.1, -0.05) is 13.8 Å². The number of aromatic nitrogens is 3. The Morgan fingerprint density at radius 3 is 2.95 bits per heavy atom. The lowest BCUT2D eigenvalue weighted by molar-refractivity contribution is 0.0978. The number of nitrogens with zero attached hydrogens (tertiary/aromatic N) is 3. The van der Waals surface area contributed by atoms with Crippen LogP contribution >= 0.6 is 11.3 Å². The smallest absolute Gasteiger partial charge is 0.101 e. The molecular weight excluding hydrogens is 296 g/mol. The minimum absolute atomic E-state index is 0.0944. The summed E-state index contributed by atoms with van der Waals surface area (Å²) in [5.41, 5.74) is 3.50. The van der Waals surface area contributed by atoms with Crippen molar-refractivity contribution in [3.05, 3.63) is 33.5 Å². The Bertz CT molecular complexity index is 634. The molecule has 3 rings (SSSR count). The van der Waals surface area contributed by atoms with Gasteiger partial charge in [0.05, 0.1) is 16.9 Å². The van der Waals surface area contributed by atoms with E-state index in [4.69, 9.17) is 4.74 Å². The van der Waals surface area contributed by atoms with Gasteiger partial charge in [0.2, 0.25) is 0 Å². The molecule has 0 bridgehead atoms. The van der Waals surface area contributed by atoms with Crippen molar-refractivity contribution in [3.63, 3.8) is 0 Å². The molecule has 1 aliphatic heterocycles. The SMILES string of the molecule is Cc1c([C@H]2OCC[C@@H]2NCc2csc(C(C)C)n2)cnn1C. The minimum Gasteiger partial charge on any atom is -0.372 e. The summed E-state index contributed by atoms with van der Waals surface area (Å²) in [4.78, 5) is 4.69. The minimum atomic E-state index is 0.0944. The molecule has 3 heterocycles. The molecule has 2 aromatic rings. The zero-order chi connectivity index (χ0) is 15.7. The maximum atomic E-state index is 5.94. The topological polar surface area (TPSA) is 52.0 Å². The van der Waals surface area contributed by atoms with Crippen LogP contribution in [0.4, 0.5) is 0 Å². The number of aryl methyl sites for hydroxylation is 1. The van der Waals surface area contributed by atoms with Gasteiger partial charge in [0.1, 0.15) is 6.10 Å². The third-order valence-electron chi connectivity index (χ3n) is 4.28. The van der Waals surface area contributed by atoms with Crippen LogP contribution in [0, 0.1) is 6.92 Å². The first-order chi connectivity index (χ1) is 10.6. The number of nitrogens with one attached hydrogen (secondary N) is 1. The lowest BCUT2D eigenvalue weighted by Gasteiger charge is -2.19. The monoisotopic (exact) mass is 320 g/mol. The van der Waals surface area contributed by atoms with Gasteiger partial charge in [-0.05, 0) is 13.3 Å². The van der Waals surface area contributed by atoms with Gasteiger partial charge in [-0.2, -0.15) is 5.10 Å². The summed E-state index contributed by atoms with van der Waals surface area (Å²) >= 11 is 1.75. The zero-order valence-electron chi connectivity index (χ0n) is 13.7. The third-order valence-corrected chi connectivity index (χ3v) is 5.47. The number of ether oxygens (including phenoxy) is 1. The highest BCUT2D eigenvalue weighted by Gasteiger charge is 2.31. The Labute approximate surface area is 135 Å². The van der Waals surface area contributed by atoms with Gasteiger partial charge >= 0.3 is 0 Å². The van der Waals surface area contributed by atoms with Gasteiger partial charge in [-0.15, -0.1) is 11.3 Å². The molecular formula is C16H24N4OS. The lowest BCUT2D eigenvalue weighted by Crippen LogP contribution is -2.31. The van der Waals surface area contributed by atoms with Crippen molar-refractivity contribution < 1.29 is 4.74 Å². The van der Waals surface area contributed by atoms with E-state index in [9.17, 15) is 0 Å². The Morgan fingerprint density at radius 1 is 1.50 bits per heavy atom. The summed E-state index contributed by atoms with van der Waals surface area (Å²) in [6, 6.07) is 0.326. The molecule has 22 heavy (non-hydrogen) atoms. The normalized spacial score (nSPS) is 21.9. The van der Waals surface area contributed by atoms with E-state index >= 15 is 0 Å². The molecule has 5 nitrogen and oxygen atoms in total. The van der Waals surface area contributed by atoms with E-state index in [-0.39, 0.29) is 6.10 Å². The van der Waals surface area contributed by atoms with E-state index in [0.717, 1.165) is 25.3 Å². The number of rotatable bonds is 5. The predicted octanol–water partition coefficient (Wildman–Crippen LogP) is 2.93. The second-order valence-corrected chi connectivity index (χ2v) is 7.10. The van der Waals surface area contributed by atoms with Crippen molar-refractivity contribution in [1.82, 2.24) is 20.1 Å². The zero-order valence-corrected chi connectivity index (χ0v) is 14.5. The average Bonchev–Trinajstić information content (AvgIpc) is 3.19. The molecule has 6 heteroatoms. The van der Waals surface area contributed by atoms with Gasteiger partial charge in [0, 0.05) is 48.8 Å². The first kappa shape index (κ1) is 15.6. The first-order valence-corrected chi connectivity index (χ1v) is 8.72. The van der Waals surface area contributed by atoms with Crippen molar-refractivity contribution in [1.29, 1.82) is 0 Å². The molecule has 0 amide bonds. The molecule has 2 aromatic heterocycles. The highest BCUT2D eigenvalue weighted by molar-refractivity contribution is 7.09. The van der Waals surface area contributed by atoms with Crippen LogP contribution in [0.2, 0.25) is 0 Å². The molecule has 1 aliphatic rings. The fraction of sp³-hybridized carbons (Fsp3) is 0.625. The van der Waals surface area contributed by atoms with Gasteiger partial charge in [-0.3, -0.25) is 4.68 Å². The molecule has 1 fully saturated rings. The quantitative estimate of drug-likeness (QED) is 0.920. The molecule has 2 atom stereocenters. The van der Waals surface area contributed by atoms with Gasteiger partial charge in [0.15, 0.2) is 0 Å². The first-order valence-electron chi connectivity index (χ1n) is 7.84. The molecule has 0 aliphatic carbocycles. The second kappa shape index (κ2) is 6.48. The molecule has 1 N–H and O–H groups in total. The fourth-order valence-electron chi connectivity index (χ4n) is 2.80. The van der Waals surface area contributed by atoms with Crippen LogP contribution in [0.3, 0.4) is 0 Å². The largest absolute Gasteiger partial charge is 0.372 e. The average molecular weight is 320 g/mol. The highest BCUT2D eigenvalue weighted by atomic mass is 32.1. The van der Waals surface area contributed by atoms with Crippen LogP contribution in [-0.4, -0.2) is 27.4 Å². The Kier molecular flexibility index (Phi) is 4.61. The Balaban J connectivity index is 1.65. The summed E-state index contributed by atoms with van der Waals surface area (Å²) in [7, 11) is 1.97. The van der Waals surface area contributed by atoms with Crippen molar-refractivity contribution in [2.24, 2.45) is 7.05 Å². The third kappa shape index (κ3) is 3.09. The van der Waals surface area contributed by atoms with E-state index in [0.29, 0.717) is 12.0 Å². The van der Waals surface area contributed by atoms with Gasteiger partial charge < -0.3 is 10.1 Å². The van der Waals surface area contributed by atoms with Crippen LogP contribution in [0.15, 0.2) is 11.6 Å². The summed E-state index contributed by atoms with van der Waals surface area (Å²) in [5.74, 6) is 0.499. The molecule has 0 unspecified atom stereocenters. The molecule has 0 spiro atoms. The number of hydrogen-bond acceptors (Lipinski definition) is 5. The van der Waals surface area contributed by atoms with Crippen molar-refractivity contribution in [2.45, 2.75) is 51.8 Å². The predicted molar refractivity (Wildman–Crippen MR) is 88.1 cm³/mol. The van der Waals surface area contributed by atoms with Crippen LogP contribution in [0.5, 0.6) is 0 Å². The lowest BCUT2D eigenvalue weighted by atomic mass is 10.0. The molecule has 1 saturated heterocycles. The molecule has 0 saturated carbocycles. The van der Waals surface area contributed by atoms with E-state index in [1.807, 2.05) is 17.9 Å². The van der Waals surface area contributed by atoms with Crippen molar-refractivity contribution in [2.75, 3.05) is 6.61 Å². The van der Waals surface area contributed by atoms with E-state index < -0.39 is 0 Å². The van der Waals surface area contributed by atoms with Crippen molar-refractivity contribution in [3.8, 4) is 0 Å². The number of hydrogen-bond donors (Lipinski definition) is 1. The summed E-state index contributed by atoms with van der Waals surface area (Å²) in [6.07, 6.45) is 3.05. The van der Waals surface area contributed by atoms with Gasteiger partial charge in [0.25, 0.3) is 0 Å². The number of thiazole rings is 1. The van der Waals surface area contributed by atoms with E-state index in [2.05, 4.69) is 41.6 Å². The standard InChI is InChI=1S/C16H24N4OS/c1-10(2)16-19-12(9-22-16)7-17-14-5-6-21-15(14)13-8-18-20(4)11(13)3/h8-10,14-15,17H,5-7H2,1-4H3/t14-,15+/m0/s1. The van der Waals surface area contributed by atoms with Crippen LogP contribution < -0.4 is 5.32 Å². The summed E-state index contributed by atoms with van der Waals surface area (Å²) in [5, 5.41) is 11.3. The summed E-state index contributed by atoms with van der Waals surface area (Å²) < 4.78 is 7.85. The van der Waals surface area contributed by atoms with Crippen molar-refractivity contribution >= 4 is 11.3 Å². The molecule has 120 valence electrons. The Hall–Kier alpha value is -1.24. The highest BCUT2D eigenvalue weighted by Crippen LogP contribution is 2.31. The van der Waals surface area contributed by atoms with E-state index in [1.54, 1.807) is 11.3 Å². The molecule has 0 radical (unpaired) electrons. The maximum absolute atomic E-state index is 5.94.